The minimum atomic E-state index is -2.10. The van der Waals surface area contributed by atoms with Gasteiger partial charge in [-0.2, -0.15) is 0 Å². The van der Waals surface area contributed by atoms with Crippen LogP contribution < -0.4 is 14.9 Å². The minimum absolute atomic E-state index is 0.0175. The molecule has 0 amide bonds. The minimum Gasteiger partial charge on any atom is -0.508 e. The number of benzene rings is 3. The van der Waals surface area contributed by atoms with Crippen molar-refractivity contribution in [1.82, 2.24) is 0 Å². The molecule has 3 aromatic carbocycles. The summed E-state index contributed by atoms with van der Waals surface area (Å²) in [6.45, 7) is -0.0898. The van der Waals surface area contributed by atoms with Gasteiger partial charge in [-0.15, -0.1) is 0 Å². The quantitative estimate of drug-likeness (QED) is 0.0406. The van der Waals surface area contributed by atoms with E-state index in [9.17, 15) is 76.0 Å². The summed E-state index contributed by atoms with van der Waals surface area (Å²) < 4.78 is 45.1. The summed E-state index contributed by atoms with van der Waals surface area (Å²) in [5.74, 6) is -4.64. The molecule has 23 heteroatoms. The van der Waals surface area contributed by atoms with Crippen molar-refractivity contribution in [2.45, 2.75) is 99.0 Å². The largest absolute Gasteiger partial charge is 0.508 e. The molecule has 4 heterocycles. The molecule has 3 saturated heterocycles. The van der Waals surface area contributed by atoms with Crippen molar-refractivity contribution < 1.29 is 109 Å². The molecule has 0 unspecified atom stereocenters. The fourth-order valence-electron chi connectivity index (χ4n) is 7.27. The van der Waals surface area contributed by atoms with Crippen LogP contribution in [-0.2, 0) is 28.5 Å². The van der Waals surface area contributed by atoms with Crippen LogP contribution in [0.25, 0.3) is 28.4 Å². The fourth-order valence-corrected chi connectivity index (χ4v) is 7.27. The van der Waals surface area contributed by atoms with Gasteiger partial charge in [0.1, 0.15) is 89.3 Å². The lowest BCUT2D eigenvalue weighted by atomic mass is 9.98. The van der Waals surface area contributed by atoms with Crippen LogP contribution in [0.15, 0.2) is 69.9 Å². The number of aliphatic hydroxyl groups excluding tert-OH is 9. The number of hydrogen-bond acceptors (Lipinski definition) is 23. The van der Waals surface area contributed by atoms with Crippen molar-refractivity contribution in [2.24, 2.45) is 0 Å². The van der Waals surface area contributed by atoms with Crippen LogP contribution in [0.2, 0.25) is 0 Å². The van der Waals surface area contributed by atoms with Crippen molar-refractivity contribution in [2.75, 3.05) is 13.2 Å². The Labute approximate surface area is 365 Å². The summed E-state index contributed by atoms with van der Waals surface area (Å²) in [6, 6.07) is 11.0. The standard InChI is InChI=1S/C42H46O23/c1-15-37(64-26(48)9-4-16-2-6-18(44)7-3-16)33(54)36(57)40(59-15)58-14-25-29(50)32(53)35(56)42(63-25)65-39-30(51)27-22(47)11-19(60-41-34(55)31(52)28(49)24(13-43)62-41)12-23(27)61-38(39)17-5-8-20(45)21(46)10-17/h2-12,15,24-25,28-29,31-37,40-47,49-50,52-57H,13-14H2,1H3/t15-,24-,25-,28-,29-,31-,32-,33+,34-,35-,36+,37-,40+,41-,42-/m0/s1. The van der Waals surface area contributed by atoms with Crippen LogP contribution in [0.4, 0.5) is 0 Å². The summed E-state index contributed by atoms with van der Waals surface area (Å²) in [6.07, 6.45) is -23.4. The second-order valence-electron chi connectivity index (χ2n) is 15.4. The first kappa shape index (κ1) is 47.3. The van der Waals surface area contributed by atoms with Crippen LogP contribution in [0.5, 0.6) is 34.5 Å². The number of carbonyl (C=O) groups is 1. The topological polar surface area (TPSA) is 375 Å². The van der Waals surface area contributed by atoms with Crippen LogP contribution in [-0.4, -0.2) is 178 Å². The molecule has 4 aromatic rings. The Balaban J connectivity index is 1.10. The van der Waals surface area contributed by atoms with Crippen LogP contribution in [0.1, 0.15) is 12.5 Å². The van der Waals surface area contributed by atoms with Gasteiger partial charge < -0.3 is 104 Å². The van der Waals surface area contributed by atoms with Gasteiger partial charge in [0.2, 0.25) is 23.8 Å². The first-order valence-corrected chi connectivity index (χ1v) is 19.9. The molecule has 0 saturated carbocycles. The maximum atomic E-state index is 14.2. The van der Waals surface area contributed by atoms with Gasteiger partial charge in [-0.25, -0.2) is 4.79 Å². The highest BCUT2D eigenvalue weighted by Gasteiger charge is 2.49. The number of phenols is 4. The third kappa shape index (κ3) is 9.83. The molecule has 3 aliphatic rings. The van der Waals surface area contributed by atoms with Crippen molar-refractivity contribution in [3.8, 4) is 45.8 Å². The Morgan fingerprint density at radius 1 is 0.677 bits per heavy atom. The number of hydrogen-bond donors (Lipinski definition) is 13. The lowest BCUT2D eigenvalue weighted by Gasteiger charge is -2.43. The predicted molar refractivity (Wildman–Crippen MR) is 214 cm³/mol. The molecule has 352 valence electrons. The van der Waals surface area contributed by atoms with E-state index in [1.54, 1.807) is 0 Å². The predicted octanol–water partition coefficient (Wildman–Crippen LogP) is -2.24. The van der Waals surface area contributed by atoms with E-state index in [0.717, 1.165) is 30.3 Å². The lowest BCUT2D eigenvalue weighted by molar-refractivity contribution is -0.319. The maximum absolute atomic E-state index is 14.2. The molecule has 65 heavy (non-hydrogen) atoms. The zero-order valence-corrected chi connectivity index (χ0v) is 33.8. The van der Waals surface area contributed by atoms with E-state index in [-0.39, 0.29) is 17.1 Å². The zero-order valence-electron chi connectivity index (χ0n) is 33.8. The van der Waals surface area contributed by atoms with Crippen molar-refractivity contribution in [1.29, 1.82) is 0 Å². The third-order valence-corrected chi connectivity index (χ3v) is 10.9. The Morgan fingerprint density at radius 2 is 1.31 bits per heavy atom. The van der Waals surface area contributed by atoms with Gasteiger partial charge >= 0.3 is 5.97 Å². The van der Waals surface area contributed by atoms with E-state index in [1.165, 1.54) is 43.3 Å². The SMILES string of the molecule is C[C@@H]1O[C@@H](OC[C@@H]2O[C@@H](Oc3c(-c4ccc(O)c(O)c4)oc4cc(O[C@H]5O[C@@H](CO)[C@H](O)[C@H](O)[C@@H]5O)cc(O)c4c3=O)[C@@H](O)[C@@H](O)[C@H]2O)[C@H](O)[C@@H](O)[C@H]1OC(=O)C=Cc1ccc(O)cc1. The van der Waals surface area contributed by atoms with Crippen LogP contribution >= 0.6 is 0 Å². The molecule has 3 aliphatic heterocycles. The summed E-state index contributed by atoms with van der Waals surface area (Å²) in [7, 11) is 0. The number of rotatable bonds is 12. The number of phenolic OH excluding ortho intramolecular Hbond substituents is 4. The number of fused-ring (bicyclic) bond motifs is 1. The van der Waals surface area contributed by atoms with Gasteiger partial charge in [-0.1, -0.05) is 12.1 Å². The lowest BCUT2D eigenvalue weighted by Crippen LogP contribution is -2.62. The van der Waals surface area contributed by atoms with E-state index in [1.807, 2.05) is 0 Å². The normalized spacial score (nSPS) is 32.9. The summed E-state index contributed by atoms with van der Waals surface area (Å²) >= 11 is 0. The van der Waals surface area contributed by atoms with Crippen molar-refractivity contribution >= 4 is 23.0 Å². The summed E-state index contributed by atoms with van der Waals surface area (Å²) in [5.41, 5.74) is -1.17. The molecule has 0 aliphatic carbocycles. The Kier molecular flexibility index (Phi) is 14.2. The van der Waals surface area contributed by atoms with Crippen molar-refractivity contribution in [3.63, 3.8) is 0 Å². The average Bonchev–Trinajstić information content (AvgIpc) is 3.27. The molecule has 23 nitrogen and oxygen atoms in total. The second-order valence-corrected chi connectivity index (χ2v) is 15.4. The summed E-state index contributed by atoms with van der Waals surface area (Å²) in [4.78, 5) is 26.8. The molecule has 7 rings (SSSR count). The molecule has 0 bridgehead atoms. The number of esters is 1. The second kappa shape index (κ2) is 19.4. The number of carbonyl (C=O) groups excluding carboxylic acids is 1. The highest BCUT2D eigenvalue weighted by atomic mass is 16.7. The highest BCUT2D eigenvalue weighted by molar-refractivity contribution is 5.89. The molecule has 15 atom stereocenters. The maximum Gasteiger partial charge on any atom is 0.331 e. The van der Waals surface area contributed by atoms with E-state index in [2.05, 4.69) is 0 Å². The number of ether oxygens (including phenoxy) is 7. The Hall–Kier alpha value is -5.64. The molecule has 3 fully saturated rings. The average molecular weight is 919 g/mol. The molecule has 1 aromatic heterocycles. The van der Waals surface area contributed by atoms with E-state index in [4.69, 9.17) is 37.6 Å². The molecule has 0 radical (unpaired) electrons. The van der Waals surface area contributed by atoms with Gasteiger partial charge in [0.25, 0.3) is 0 Å². The zero-order chi connectivity index (χ0) is 47.0. The highest BCUT2D eigenvalue weighted by Crippen LogP contribution is 2.40. The van der Waals surface area contributed by atoms with E-state index >= 15 is 0 Å². The first-order valence-electron chi connectivity index (χ1n) is 19.9. The first-order chi connectivity index (χ1) is 30.9. The van der Waals surface area contributed by atoms with Gasteiger partial charge in [0.05, 0.1) is 19.3 Å². The summed E-state index contributed by atoms with van der Waals surface area (Å²) in [5, 5.41) is 135. The molecule has 13 N–H and O–H groups in total. The third-order valence-electron chi connectivity index (χ3n) is 10.9. The molecule has 0 spiro atoms. The number of aliphatic hydroxyl groups is 9. The van der Waals surface area contributed by atoms with Gasteiger partial charge in [-0.3, -0.25) is 4.79 Å². The van der Waals surface area contributed by atoms with E-state index < -0.39 is 156 Å². The molecular weight excluding hydrogens is 872 g/mol. The molecular formula is C42H46O23. The Morgan fingerprint density at radius 3 is 1.97 bits per heavy atom. The van der Waals surface area contributed by atoms with Crippen LogP contribution in [0, 0.1) is 0 Å². The number of aromatic hydroxyl groups is 4. The smallest absolute Gasteiger partial charge is 0.331 e. The monoisotopic (exact) mass is 918 g/mol. The van der Waals surface area contributed by atoms with E-state index in [0.29, 0.717) is 5.56 Å². The fraction of sp³-hybridized carbons (Fsp3) is 0.429. The van der Waals surface area contributed by atoms with Gasteiger partial charge in [0, 0.05) is 23.8 Å². The van der Waals surface area contributed by atoms with Crippen molar-refractivity contribution in [3.05, 3.63) is 76.5 Å². The van der Waals surface area contributed by atoms with Crippen LogP contribution in [0.3, 0.4) is 0 Å². The Bertz CT molecular complexity index is 2400. The van der Waals surface area contributed by atoms with Gasteiger partial charge in [0.15, 0.2) is 29.7 Å². The van der Waals surface area contributed by atoms with Gasteiger partial charge in [-0.05, 0) is 48.9 Å².